The van der Waals surface area contributed by atoms with Crippen LogP contribution in [0, 0.1) is 0 Å². The predicted molar refractivity (Wildman–Crippen MR) is 204 cm³/mol. The molecule has 2 aliphatic rings. The van der Waals surface area contributed by atoms with Crippen LogP contribution >= 0.6 is 0 Å². The maximum Gasteiger partial charge on any atom is 0.303 e. The summed E-state index contributed by atoms with van der Waals surface area (Å²) in [6.07, 6.45) is 12.8. The van der Waals surface area contributed by atoms with Gasteiger partial charge in [-0.25, -0.2) is 0 Å². The highest BCUT2D eigenvalue weighted by atomic mass is 32.2. The van der Waals surface area contributed by atoms with Crippen molar-refractivity contribution in [3.8, 4) is 0 Å². The van der Waals surface area contributed by atoms with E-state index in [9.17, 15) is 35.5 Å². The van der Waals surface area contributed by atoms with Crippen molar-refractivity contribution in [2.45, 2.75) is 113 Å². The molecule has 288 valence electrons. The van der Waals surface area contributed by atoms with Crippen molar-refractivity contribution < 1.29 is 50.3 Å². The van der Waals surface area contributed by atoms with Gasteiger partial charge in [-0.2, -0.15) is 21.4 Å². The largest absolute Gasteiger partial charge is 0.481 e. The minimum absolute atomic E-state index is 0.0855. The Bertz CT molecular complexity index is 2090. The van der Waals surface area contributed by atoms with E-state index < -0.39 is 43.0 Å². The van der Waals surface area contributed by atoms with Crippen LogP contribution in [-0.2, 0) is 40.7 Å². The molecule has 0 saturated carbocycles. The number of anilines is 1. The number of carboxylic acid groups (broad SMARTS) is 2. The van der Waals surface area contributed by atoms with Crippen LogP contribution in [0.4, 0.5) is 11.4 Å². The third-order valence-electron chi connectivity index (χ3n) is 10.2. The molecular weight excluding hydrogens is 721 g/mol. The van der Waals surface area contributed by atoms with Gasteiger partial charge in [0, 0.05) is 60.3 Å². The monoisotopic (exact) mass is 771 g/mol. The van der Waals surface area contributed by atoms with E-state index in [4.69, 9.17) is 10.2 Å². The fourth-order valence-electron chi connectivity index (χ4n) is 7.22. The van der Waals surface area contributed by atoms with E-state index in [0.29, 0.717) is 58.0 Å². The van der Waals surface area contributed by atoms with Crippen LogP contribution in [0.5, 0.6) is 0 Å². The van der Waals surface area contributed by atoms with Crippen molar-refractivity contribution in [1.29, 1.82) is 0 Å². The van der Waals surface area contributed by atoms with E-state index in [0.717, 1.165) is 39.5 Å². The summed E-state index contributed by atoms with van der Waals surface area (Å²) in [5, 5.41) is 18.1. The summed E-state index contributed by atoms with van der Waals surface area (Å²) in [5.41, 5.74) is 4.66. The second-order valence-electron chi connectivity index (χ2n) is 14.6. The first-order chi connectivity index (χ1) is 24.7. The molecule has 0 fully saturated rings. The number of benzene rings is 2. The summed E-state index contributed by atoms with van der Waals surface area (Å²) in [6.45, 7) is 11.2. The lowest BCUT2D eigenvalue weighted by Crippen LogP contribution is -2.28. The smallest absolute Gasteiger partial charge is 0.303 e. The second kappa shape index (κ2) is 16.5. The van der Waals surface area contributed by atoms with Gasteiger partial charge in [-0.3, -0.25) is 18.7 Å². The third-order valence-corrected chi connectivity index (χ3v) is 11.9. The van der Waals surface area contributed by atoms with E-state index in [1.54, 1.807) is 12.1 Å². The zero-order valence-electron chi connectivity index (χ0n) is 31.0. The topological polar surface area (TPSA) is 190 Å². The number of aliphatic carboxylic acids is 2. The lowest BCUT2D eigenvalue weighted by atomic mass is 9.81. The standard InChI is InChI=1S/C39H50N2O10S2/c1-6-27(15-21-34-38(2,3)30-25-28(52(46,47)48)17-19-32(30)40(34)23-11-7-9-13-36(42)43)16-22-35-39(4,5)31-26-29(53(49,50)51)18-20-33(31)41(35)24-12-8-10-14-37(44)45/h15-22,25-26H,6-14,23-24H2,1-5H3,(H3-,42,43,44,45,46,47,48,49,50,51)/p+1. The Kier molecular flexibility index (Phi) is 13.0. The molecule has 0 aromatic heterocycles. The molecule has 0 saturated heterocycles. The molecule has 2 aliphatic heterocycles. The van der Waals surface area contributed by atoms with E-state index in [2.05, 4.69) is 9.48 Å². The number of fused-ring (bicyclic) bond motifs is 2. The van der Waals surface area contributed by atoms with Crippen LogP contribution in [0.3, 0.4) is 0 Å². The van der Waals surface area contributed by atoms with Crippen LogP contribution in [0.1, 0.15) is 104 Å². The van der Waals surface area contributed by atoms with Gasteiger partial charge in [0.1, 0.15) is 6.54 Å². The summed E-state index contributed by atoms with van der Waals surface area (Å²) in [4.78, 5) is 23.8. The molecule has 2 aromatic rings. The maximum atomic E-state index is 12.1. The highest BCUT2D eigenvalue weighted by Gasteiger charge is 2.45. The SMILES string of the molecule is CCC(/C=C/C1=[N+](CCCCCC(=O)O)c2ccc(S(=O)(=O)O)cc2C1(C)C)=C\C=C1\N(CCCCCC(=O)O)c2ccc(S(=O)(=O)O)cc2C1(C)C. The Labute approximate surface area is 312 Å². The lowest BCUT2D eigenvalue weighted by Gasteiger charge is -2.27. The van der Waals surface area contributed by atoms with Crippen LogP contribution < -0.4 is 4.90 Å². The normalized spacial score (nSPS) is 17.5. The molecule has 2 aromatic carbocycles. The molecular formula is C39H51N2O10S2+. The number of nitrogens with zero attached hydrogens (tertiary/aromatic N) is 2. The van der Waals surface area contributed by atoms with Crippen molar-refractivity contribution in [2.24, 2.45) is 0 Å². The number of hydrogen-bond donors (Lipinski definition) is 4. The molecule has 0 radical (unpaired) electrons. The van der Waals surface area contributed by atoms with Crippen molar-refractivity contribution in [2.75, 3.05) is 18.0 Å². The Morgan fingerprint density at radius 3 is 1.91 bits per heavy atom. The summed E-state index contributed by atoms with van der Waals surface area (Å²) >= 11 is 0. The van der Waals surface area contributed by atoms with E-state index >= 15 is 0 Å². The van der Waals surface area contributed by atoms with E-state index in [1.165, 1.54) is 24.3 Å². The highest BCUT2D eigenvalue weighted by molar-refractivity contribution is 7.86. The number of carboxylic acids is 2. The molecule has 0 unspecified atom stereocenters. The van der Waals surface area contributed by atoms with Crippen LogP contribution in [0.25, 0.3) is 0 Å². The van der Waals surface area contributed by atoms with Gasteiger partial charge in [-0.05, 0) is 93.5 Å². The number of allylic oxidation sites excluding steroid dienone is 6. The van der Waals surface area contributed by atoms with Crippen LogP contribution in [0.2, 0.25) is 0 Å². The van der Waals surface area contributed by atoms with Gasteiger partial charge in [0.05, 0.1) is 15.2 Å². The summed E-state index contributed by atoms with van der Waals surface area (Å²) in [5.74, 6) is -1.68. The van der Waals surface area contributed by atoms with Gasteiger partial charge in [0.2, 0.25) is 5.69 Å². The predicted octanol–water partition coefficient (Wildman–Crippen LogP) is 7.42. The molecule has 4 N–H and O–H groups in total. The van der Waals surface area contributed by atoms with Gasteiger partial charge < -0.3 is 15.1 Å². The van der Waals surface area contributed by atoms with Gasteiger partial charge in [-0.1, -0.05) is 39.3 Å². The van der Waals surface area contributed by atoms with Gasteiger partial charge in [-0.15, -0.1) is 0 Å². The Balaban J connectivity index is 1.73. The molecule has 0 atom stereocenters. The first-order valence-electron chi connectivity index (χ1n) is 17.9. The molecule has 0 aliphatic carbocycles. The lowest BCUT2D eigenvalue weighted by molar-refractivity contribution is -0.438. The zero-order valence-corrected chi connectivity index (χ0v) is 32.6. The fourth-order valence-corrected chi connectivity index (χ4v) is 8.23. The van der Waals surface area contributed by atoms with Gasteiger partial charge >= 0.3 is 11.9 Å². The van der Waals surface area contributed by atoms with Crippen molar-refractivity contribution in [3.05, 3.63) is 83.1 Å². The summed E-state index contributed by atoms with van der Waals surface area (Å²) in [6, 6.07) is 9.18. The Hall–Kier alpha value is -4.11. The molecule has 4 rings (SSSR count). The van der Waals surface area contributed by atoms with Gasteiger partial charge in [0.25, 0.3) is 20.2 Å². The quantitative estimate of drug-likeness (QED) is 0.0511. The molecule has 14 heteroatoms. The number of rotatable bonds is 18. The molecule has 0 amide bonds. The Morgan fingerprint density at radius 1 is 0.774 bits per heavy atom. The van der Waals surface area contributed by atoms with Crippen molar-refractivity contribution in [1.82, 2.24) is 0 Å². The molecule has 0 bridgehead atoms. The minimum Gasteiger partial charge on any atom is -0.481 e. The number of carbonyl (C=O) groups is 2. The average molecular weight is 772 g/mol. The molecule has 0 spiro atoms. The zero-order chi connectivity index (χ0) is 39.4. The van der Waals surface area contributed by atoms with Crippen LogP contribution in [-0.4, -0.2) is 71.5 Å². The molecule has 12 nitrogen and oxygen atoms in total. The van der Waals surface area contributed by atoms with E-state index in [-0.39, 0.29) is 22.6 Å². The number of unbranched alkanes of at least 4 members (excludes halogenated alkanes) is 4. The summed E-state index contributed by atoms with van der Waals surface area (Å²) < 4.78 is 69.9. The Morgan fingerprint density at radius 2 is 1.34 bits per heavy atom. The molecule has 53 heavy (non-hydrogen) atoms. The number of hydrogen-bond acceptors (Lipinski definition) is 7. The van der Waals surface area contributed by atoms with Crippen molar-refractivity contribution >= 4 is 49.3 Å². The second-order valence-corrected chi connectivity index (χ2v) is 17.5. The van der Waals surface area contributed by atoms with Crippen molar-refractivity contribution in [3.63, 3.8) is 0 Å². The maximum absolute atomic E-state index is 12.1. The molecule has 2 heterocycles. The average Bonchev–Trinajstić information content (AvgIpc) is 3.41. The first kappa shape index (κ1) is 41.6. The fraction of sp³-hybridized carbons (Fsp3) is 0.462. The van der Waals surface area contributed by atoms with Crippen LogP contribution in [0.15, 0.2) is 81.8 Å². The first-order valence-corrected chi connectivity index (χ1v) is 20.8. The summed E-state index contributed by atoms with van der Waals surface area (Å²) in [7, 11) is -8.86. The van der Waals surface area contributed by atoms with Gasteiger partial charge in [0.15, 0.2) is 5.71 Å². The third kappa shape index (κ3) is 9.71. The highest BCUT2D eigenvalue weighted by Crippen LogP contribution is 2.49. The van der Waals surface area contributed by atoms with E-state index in [1.807, 2.05) is 58.9 Å². The minimum atomic E-state index is -4.43.